The molecule has 4 atom stereocenters. The number of nitrogens with one attached hydrogen (secondary N) is 2. The fraction of sp³-hybridized carbons (Fsp3) is 0.750. The first-order valence-corrected chi connectivity index (χ1v) is 12.5. The van der Waals surface area contributed by atoms with Gasteiger partial charge < -0.3 is 10.6 Å². The Balaban J connectivity index is 1.31. The molecular formula is C20H30N4O4S. The number of nitrogens with zero attached hydrogens (tertiary/aromatic N) is 2. The summed E-state index contributed by atoms with van der Waals surface area (Å²) in [5.74, 6) is 0.810. The molecule has 0 aromatic heterocycles. The van der Waals surface area contributed by atoms with E-state index in [1.165, 1.54) is 11.2 Å². The van der Waals surface area contributed by atoms with E-state index < -0.39 is 9.84 Å². The molecule has 3 aliphatic carbocycles. The Bertz CT molecular complexity index is 832. The summed E-state index contributed by atoms with van der Waals surface area (Å²) in [5, 5.41) is 6.33. The zero-order valence-corrected chi connectivity index (χ0v) is 17.9. The molecule has 2 amide bonds. The van der Waals surface area contributed by atoms with Crippen molar-refractivity contribution in [3.8, 4) is 0 Å². The molecular weight excluding hydrogens is 392 g/mol. The molecule has 1 saturated heterocycles. The van der Waals surface area contributed by atoms with Gasteiger partial charge in [-0.1, -0.05) is 12.2 Å². The summed E-state index contributed by atoms with van der Waals surface area (Å²) in [6.07, 6.45) is 8.14. The summed E-state index contributed by atoms with van der Waals surface area (Å²) < 4.78 is 23.2. The van der Waals surface area contributed by atoms with Crippen LogP contribution < -0.4 is 10.6 Å². The number of fused-ring (bicyclic) bond motifs is 5. The number of carbonyl (C=O) groups excluding carboxylic acids is 2. The third-order valence-electron chi connectivity index (χ3n) is 6.63. The highest BCUT2D eigenvalue weighted by atomic mass is 32.2. The fourth-order valence-electron chi connectivity index (χ4n) is 5.14. The molecule has 8 nitrogen and oxygen atoms in total. The largest absolute Gasteiger partial charge is 0.357 e. The lowest BCUT2D eigenvalue weighted by Gasteiger charge is -2.19. The van der Waals surface area contributed by atoms with Gasteiger partial charge in [0.05, 0.1) is 17.6 Å². The predicted octanol–water partition coefficient (Wildman–Crippen LogP) is 0.173. The van der Waals surface area contributed by atoms with Crippen LogP contribution in [0, 0.1) is 29.1 Å². The van der Waals surface area contributed by atoms with Gasteiger partial charge in [-0.3, -0.25) is 19.5 Å². The fourth-order valence-corrected chi connectivity index (χ4v) is 6.63. The van der Waals surface area contributed by atoms with Gasteiger partial charge in [-0.15, -0.1) is 0 Å². The number of hydrogen-bond acceptors (Lipinski definition) is 5. The number of amides is 2. The maximum absolute atomic E-state index is 12.7. The van der Waals surface area contributed by atoms with Crippen LogP contribution in [0.2, 0.25) is 0 Å². The molecule has 0 aromatic carbocycles. The Morgan fingerprint density at radius 3 is 2.31 bits per heavy atom. The third kappa shape index (κ3) is 4.06. The van der Waals surface area contributed by atoms with Crippen LogP contribution in [0.15, 0.2) is 17.1 Å². The molecule has 29 heavy (non-hydrogen) atoms. The van der Waals surface area contributed by atoms with Crippen LogP contribution in [0.25, 0.3) is 0 Å². The van der Waals surface area contributed by atoms with Crippen LogP contribution >= 0.6 is 0 Å². The summed E-state index contributed by atoms with van der Waals surface area (Å²) in [4.78, 5) is 31.4. The van der Waals surface area contributed by atoms with Crippen molar-refractivity contribution in [1.29, 1.82) is 0 Å². The highest BCUT2D eigenvalue weighted by Gasteiger charge is 2.58. The van der Waals surface area contributed by atoms with Crippen LogP contribution in [0.1, 0.15) is 26.2 Å². The molecule has 0 spiro atoms. The number of sulfone groups is 1. The number of guanidine groups is 1. The first-order valence-electron chi connectivity index (χ1n) is 10.5. The maximum atomic E-state index is 12.7. The molecule has 4 aliphatic rings. The molecule has 3 fully saturated rings. The SMILES string of the molecule is CCNC(=NCC1(CS(C)(=O)=O)CC1)NCCN1C(=O)C2C3C=CC(C3)C2C1=O. The quantitative estimate of drug-likeness (QED) is 0.250. The van der Waals surface area contributed by atoms with Crippen molar-refractivity contribution in [1.82, 2.24) is 15.5 Å². The lowest BCUT2D eigenvalue weighted by molar-refractivity contribution is -0.140. The van der Waals surface area contributed by atoms with Crippen LogP contribution in [0.3, 0.4) is 0 Å². The van der Waals surface area contributed by atoms with Gasteiger partial charge in [-0.2, -0.15) is 0 Å². The molecule has 9 heteroatoms. The molecule has 2 saturated carbocycles. The van der Waals surface area contributed by atoms with Crippen LogP contribution in [0.5, 0.6) is 0 Å². The Kier molecular flexibility index (Phi) is 5.21. The molecule has 2 N–H and O–H groups in total. The van der Waals surface area contributed by atoms with Crippen LogP contribution in [-0.2, 0) is 19.4 Å². The van der Waals surface area contributed by atoms with Gasteiger partial charge in [0.25, 0.3) is 0 Å². The Morgan fingerprint density at radius 2 is 1.79 bits per heavy atom. The Labute approximate surface area is 172 Å². The van der Waals surface area contributed by atoms with Gasteiger partial charge in [0.1, 0.15) is 9.84 Å². The first-order chi connectivity index (χ1) is 13.7. The van der Waals surface area contributed by atoms with Crippen molar-refractivity contribution in [3.05, 3.63) is 12.2 Å². The standard InChI is InChI=1S/C20H30N4O4S/c1-3-21-19(23-11-20(6-7-20)12-29(2,27)28)22-8-9-24-17(25)15-13-4-5-14(10-13)16(15)18(24)26/h4-5,13-16H,3,6-12H2,1-2H3,(H2,21,22,23). The molecule has 1 aliphatic heterocycles. The van der Waals surface area contributed by atoms with Crippen molar-refractivity contribution >= 4 is 27.6 Å². The lowest BCUT2D eigenvalue weighted by atomic mass is 9.85. The van der Waals surface area contributed by atoms with Gasteiger partial charge in [0.2, 0.25) is 11.8 Å². The highest BCUT2D eigenvalue weighted by Crippen LogP contribution is 2.52. The van der Waals surface area contributed by atoms with E-state index in [0.29, 0.717) is 32.1 Å². The van der Waals surface area contributed by atoms with E-state index in [0.717, 1.165) is 19.3 Å². The zero-order valence-electron chi connectivity index (χ0n) is 17.1. The number of allylic oxidation sites excluding steroid dienone is 2. The topological polar surface area (TPSA) is 108 Å². The van der Waals surface area contributed by atoms with Crippen molar-refractivity contribution in [2.75, 3.05) is 38.2 Å². The van der Waals surface area contributed by atoms with E-state index in [-0.39, 0.29) is 46.7 Å². The van der Waals surface area contributed by atoms with E-state index in [4.69, 9.17) is 0 Å². The monoisotopic (exact) mass is 422 g/mol. The first kappa shape index (κ1) is 20.4. The maximum Gasteiger partial charge on any atom is 0.233 e. The molecule has 0 aromatic rings. The van der Waals surface area contributed by atoms with E-state index in [1.807, 2.05) is 6.92 Å². The molecule has 0 radical (unpaired) electrons. The minimum atomic E-state index is -3.03. The smallest absolute Gasteiger partial charge is 0.233 e. The minimum Gasteiger partial charge on any atom is -0.357 e. The van der Waals surface area contributed by atoms with E-state index in [1.54, 1.807) is 0 Å². The second-order valence-electron chi connectivity index (χ2n) is 9.02. The molecule has 160 valence electrons. The van der Waals surface area contributed by atoms with Gasteiger partial charge in [-0.25, -0.2) is 8.42 Å². The summed E-state index contributed by atoms with van der Waals surface area (Å²) in [5.41, 5.74) is -0.236. The summed E-state index contributed by atoms with van der Waals surface area (Å²) in [6, 6.07) is 0. The van der Waals surface area contributed by atoms with Crippen molar-refractivity contribution in [3.63, 3.8) is 0 Å². The average Bonchev–Trinajstić information content (AvgIpc) is 3.00. The number of hydrogen-bond donors (Lipinski definition) is 2. The summed E-state index contributed by atoms with van der Waals surface area (Å²) in [6.45, 7) is 3.83. The second-order valence-corrected chi connectivity index (χ2v) is 11.2. The normalized spacial score (nSPS) is 32.1. The number of rotatable bonds is 8. The van der Waals surface area contributed by atoms with Crippen molar-refractivity contribution < 1.29 is 18.0 Å². The number of likely N-dealkylation sites (tertiary alicyclic amines) is 1. The molecule has 2 bridgehead atoms. The van der Waals surface area contributed by atoms with Gasteiger partial charge in [-0.05, 0) is 38.0 Å². The summed E-state index contributed by atoms with van der Waals surface area (Å²) in [7, 11) is -3.03. The minimum absolute atomic E-state index is 0.0364. The van der Waals surface area contributed by atoms with E-state index in [9.17, 15) is 18.0 Å². The van der Waals surface area contributed by atoms with Gasteiger partial charge >= 0.3 is 0 Å². The van der Waals surface area contributed by atoms with E-state index in [2.05, 4.69) is 27.8 Å². The number of imide groups is 1. The van der Waals surface area contributed by atoms with E-state index >= 15 is 0 Å². The zero-order chi connectivity index (χ0) is 20.8. The second kappa shape index (κ2) is 7.41. The van der Waals surface area contributed by atoms with Gasteiger partial charge in [0, 0.05) is 37.8 Å². The lowest BCUT2D eigenvalue weighted by Crippen LogP contribution is -2.44. The van der Waals surface area contributed by atoms with Crippen molar-refractivity contribution in [2.24, 2.45) is 34.1 Å². The molecule has 1 heterocycles. The third-order valence-corrected chi connectivity index (χ3v) is 7.77. The Morgan fingerprint density at radius 1 is 1.17 bits per heavy atom. The van der Waals surface area contributed by atoms with Crippen LogP contribution in [-0.4, -0.2) is 69.3 Å². The Hall–Kier alpha value is -1.90. The van der Waals surface area contributed by atoms with Crippen molar-refractivity contribution in [2.45, 2.75) is 26.2 Å². The van der Waals surface area contributed by atoms with Crippen LogP contribution in [0.4, 0.5) is 0 Å². The highest BCUT2D eigenvalue weighted by molar-refractivity contribution is 7.90. The number of carbonyl (C=O) groups is 2. The summed E-state index contributed by atoms with van der Waals surface area (Å²) >= 11 is 0. The predicted molar refractivity (Wildman–Crippen MR) is 110 cm³/mol. The number of aliphatic imine (C=N–C) groups is 1. The van der Waals surface area contributed by atoms with Gasteiger partial charge in [0.15, 0.2) is 5.96 Å². The molecule has 4 rings (SSSR count). The average molecular weight is 423 g/mol. The molecule has 4 unspecified atom stereocenters.